The molecule has 0 aliphatic heterocycles. The number of rotatable bonds is 6. The fourth-order valence-corrected chi connectivity index (χ4v) is 2.38. The van der Waals surface area contributed by atoms with Gasteiger partial charge in [-0.3, -0.25) is 0 Å². The molecule has 7 heteroatoms. The van der Waals surface area contributed by atoms with Crippen LogP contribution >= 0.6 is 11.3 Å². The highest BCUT2D eigenvalue weighted by Crippen LogP contribution is 2.20. The van der Waals surface area contributed by atoms with E-state index in [0.29, 0.717) is 0 Å². The van der Waals surface area contributed by atoms with E-state index < -0.39 is 0 Å². The van der Waals surface area contributed by atoms with E-state index in [-0.39, 0.29) is 0 Å². The minimum atomic E-state index is 0.725. The number of nitrogens with zero attached hydrogens (tertiary/aromatic N) is 2. The van der Waals surface area contributed by atoms with Gasteiger partial charge in [0.15, 0.2) is 0 Å². The Hall–Kier alpha value is -2.90. The second-order valence-electron chi connectivity index (χ2n) is 5.06. The number of aliphatic hydroxyl groups excluding tert-OH is 1. The number of methoxy groups -OCH3 is 2. The molecule has 0 amide bonds. The summed E-state index contributed by atoms with van der Waals surface area (Å²) in [6.07, 6.45) is 8.87. The van der Waals surface area contributed by atoms with Crippen molar-refractivity contribution in [1.82, 2.24) is 4.98 Å². The Bertz CT molecular complexity index is 752. The Morgan fingerprint density at radius 2 is 1.82 bits per heavy atom. The van der Waals surface area contributed by atoms with E-state index in [9.17, 15) is 0 Å². The van der Waals surface area contributed by atoms with Gasteiger partial charge in [-0.25, -0.2) is 4.98 Å². The molecule has 6 nitrogen and oxygen atoms in total. The van der Waals surface area contributed by atoms with Gasteiger partial charge < -0.3 is 20.4 Å². The lowest BCUT2D eigenvalue weighted by atomic mass is 10.1. The van der Waals surface area contributed by atoms with Gasteiger partial charge in [-0.2, -0.15) is 5.10 Å². The molecule has 0 saturated carbocycles. The molecule has 1 aromatic heterocycles. The van der Waals surface area contributed by atoms with Crippen LogP contribution in [0, 0.1) is 0 Å². The third kappa shape index (κ3) is 10.3. The van der Waals surface area contributed by atoms with Crippen molar-refractivity contribution in [3.8, 4) is 10.6 Å². The number of aromatic nitrogens is 1. The van der Waals surface area contributed by atoms with Crippen LogP contribution < -0.4 is 5.84 Å². The highest BCUT2D eigenvalue weighted by atomic mass is 32.1. The van der Waals surface area contributed by atoms with Crippen molar-refractivity contribution in [3.63, 3.8) is 0 Å². The van der Waals surface area contributed by atoms with Gasteiger partial charge in [0.25, 0.3) is 0 Å². The molecule has 3 N–H and O–H groups in total. The number of benzene rings is 1. The summed E-state index contributed by atoms with van der Waals surface area (Å²) in [6.45, 7) is 3.69. The zero-order valence-electron chi connectivity index (χ0n) is 17.0. The van der Waals surface area contributed by atoms with E-state index in [2.05, 4.69) is 22.2 Å². The molecule has 0 unspecified atom stereocenters. The third-order valence-electron chi connectivity index (χ3n) is 3.27. The summed E-state index contributed by atoms with van der Waals surface area (Å²) in [4.78, 5) is 4.20. The number of hydrogen-bond acceptors (Lipinski definition) is 7. The first-order valence-electron chi connectivity index (χ1n) is 8.38. The lowest BCUT2D eigenvalue weighted by Crippen LogP contribution is -1.99. The fraction of sp³-hybridized carbons (Fsp3) is 0.238. The fourth-order valence-electron chi connectivity index (χ4n) is 1.73. The highest BCUT2D eigenvalue weighted by Gasteiger charge is 1.96. The molecule has 0 spiro atoms. The van der Waals surface area contributed by atoms with E-state index in [1.54, 1.807) is 37.9 Å². The van der Waals surface area contributed by atoms with Crippen LogP contribution in [0.15, 0.2) is 82.8 Å². The van der Waals surface area contributed by atoms with Crippen LogP contribution in [0.3, 0.4) is 0 Å². The Morgan fingerprint density at radius 1 is 1.14 bits per heavy atom. The quantitative estimate of drug-likeness (QED) is 0.246. The van der Waals surface area contributed by atoms with E-state index in [4.69, 9.17) is 20.4 Å². The molecule has 28 heavy (non-hydrogen) atoms. The van der Waals surface area contributed by atoms with Crippen molar-refractivity contribution in [3.05, 3.63) is 77.7 Å². The van der Waals surface area contributed by atoms with E-state index in [0.717, 1.165) is 29.2 Å². The van der Waals surface area contributed by atoms with Gasteiger partial charge in [0.2, 0.25) is 0 Å². The zero-order chi connectivity index (χ0) is 21.2. The topological polar surface area (TPSA) is 90.0 Å². The van der Waals surface area contributed by atoms with Gasteiger partial charge in [0, 0.05) is 29.8 Å². The van der Waals surface area contributed by atoms with E-state index >= 15 is 0 Å². The first kappa shape index (κ1) is 25.1. The summed E-state index contributed by atoms with van der Waals surface area (Å²) < 4.78 is 9.84. The van der Waals surface area contributed by atoms with Crippen molar-refractivity contribution in [2.24, 2.45) is 10.9 Å². The van der Waals surface area contributed by atoms with Crippen molar-refractivity contribution >= 4 is 17.0 Å². The smallest absolute Gasteiger partial charge is 0.123 e. The summed E-state index contributed by atoms with van der Waals surface area (Å²) in [7, 11) is 4.20. The number of hydrogen-bond donors (Lipinski definition) is 2. The number of allylic oxidation sites excluding steroid dienone is 5. The van der Waals surface area contributed by atoms with Gasteiger partial charge in [-0.05, 0) is 32.1 Å². The molecular formula is C21H29N3O3S. The molecular weight excluding hydrogens is 374 g/mol. The molecule has 0 aliphatic carbocycles. The lowest BCUT2D eigenvalue weighted by molar-refractivity contribution is 0.294. The van der Waals surface area contributed by atoms with Crippen LogP contribution in [-0.2, 0) is 9.47 Å². The van der Waals surface area contributed by atoms with Crippen molar-refractivity contribution in [2.75, 3.05) is 21.3 Å². The third-order valence-corrected chi connectivity index (χ3v) is 4.09. The van der Waals surface area contributed by atoms with Gasteiger partial charge in [0.05, 0.1) is 32.0 Å². The first-order chi connectivity index (χ1) is 13.6. The molecule has 0 bridgehead atoms. The number of nitrogens with two attached hydrogens (primary N) is 1. The van der Waals surface area contributed by atoms with E-state index in [1.807, 2.05) is 55.8 Å². The number of ether oxygens (including phenoxy) is 2. The Kier molecular flexibility index (Phi) is 14.6. The maximum atomic E-state index is 7.00. The first-order valence-corrected chi connectivity index (χ1v) is 9.26. The molecule has 0 saturated heterocycles. The van der Waals surface area contributed by atoms with Crippen LogP contribution in [0.5, 0.6) is 0 Å². The molecule has 2 rings (SSSR count). The van der Waals surface area contributed by atoms with Gasteiger partial charge in [-0.15, -0.1) is 11.3 Å². The maximum absolute atomic E-state index is 7.00. The summed E-state index contributed by atoms with van der Waals surface area (Å²) in [5.41, 5.74) is 2.79. The largest absolute Gasteiger partial charge is 0.504 e. The van der Waals surface area contributed by atoms with Crippen LogP contribution in [0.25, 0.3) is 10.6 Å². The Labute approximate surface area is 171 Å². The second-order valence-corrected chi connectivity index (χ2v) is 5.95. The molecule has 1 heterocycles. The standard InChI is InChI=1S/C11H18N2O2.C9H7NS.CH4O/c1-9(15-4)5-6-11(7-8-14-3)10(2)13-12;1-2-4-8(5-3-1)9-10-6-7-11-9;1-2/h5-8H,12H2,1-4H3;1-7H;2H,1H3/b8-7+,9-5+,11-6+,13-10+;;. The van der Waals surface area contributed by atoms with Gasteiger partial charge >= 0.3 is 0 Å². The summed E-state index contributed by atoms with van der Waals surface area (Å²) in [5, 5.41) is 13.7. The normalized spacial score (nSPS) is 11.9. The second kappa shape index (κ2) is 16.3. The minimum Gasteiger partial charge on any atom is -0.504 e. The Balaban J connectivity index is 0.000000492. The summed E-state index contributed by atoms with van der Waals surface area (Å²) in [6, 6.07) is 10.2. The zero-order valence-corrected chi connectivity index (χ0v) is 17.8. The van der Waals surface area contributed by atoms with Crippen molar-refractivity contribution in [2.45, 2.75) is 13.8 Å². The predicted octanol–water partition coefficient (Wildman–Crippen LogP) is 4.38. The molecule has 0 fully saturated rings. The van der Waals surface area contributed by atoms with Gasteiger partial charge in [0.1, 0.15) is 5.01 Å². The average molecular weight is 404 g/mol. The average Bonchev–Trinajstić information content (AvgIpc) is 3.30. The van der Waals surface area contributed by atoms with Crippen molar-refractivity contribution < 1.29 is 14.6 Å². The van der Waals surface area contributed by atoms with Gasteiger partial charge in [-0.1, -0.05) is 30.3 Å². The predicted molar refractivity (Wildman–Crippen MR) is 118 cm³/mol. The highest BCUT2D eigenvalue weighted by molar-refractivity contribution is 7.13. The number of aliphatic hydroxyl groups is 1. The summed E-state index contributed by atoms with van der Waals surface area (Å²) in [5.74, 6) is 6.01. The van der Waals surface area contributed by atoms with Crippen LogP contribution in [-0.4, -0.2) is 37.1 Å². The maximum Gasteiger partial charge on any atom is 0.123 e. The molecule has 0 radical (unpaired) electrons. The molecule has 2 aromatic rings. The number of thiazole rings is 1. The SMILES string of the molecule is CO.CO/C=C/C(=C\C=C(/C)OC)C(/C)=N/N.c1ccc(-c2nccs2)cc1. The monoisotopic (exact) mass is 403 g/mol. The summed E-state index contributed by atoms with van der Waals surface area (Å²) >= 11 is 1.66. The Morgan fingerprint density at radius 3 is 2.32 bits per heavy atom. The minimum absolute atomic E-state index is 0.725. The molecule has 0 aliphatic rings. The van der Waals surface area contributed by atoms with E-state index in [1.165, 1.54) is 5.56 Å². The lowest BCUT2D eigenvalue weighted by Gasteiger charge is -2.00. The van der Waals surface area contributed by atoms with Crippen LogP contribution in [0.2, 0.25) is 0 Å². The molecule has 0 atom stereocenters. The molecule has 1 aromatic carbocycles. The van der Waals surface area contributed by atoms with Crippen molar-refractivity contribution in [1.29, 1.82) is 0 Å². The van der Waals surface area contributed by atoms with Crippen LogP contribution in [0.1, 0.15) is 13.8 Å². The molecule has 152 valence electrons. The number of hydrazone groups is 1. The van der Waals surface area contributed by atoms with Crippen LogP contribution in [0.4, 0.5) is 0 Å².